The van der Waals surface area contributed by atoms with Crippen LogP contribution in [0.15, 0.2) is 60.8 Å². The van der Waals surface area contributed by atoms with E-state index in [0.717, 1.165) is 74.7 Å². The molecule has 15 heteroatoms. The first-order chi connectivity index (χ1) is 29.2. The molecule has 3 aromatic carbocycles. The van der Waals surface area contributed by atoms with Gasteiger partial charge >= 0.3 is 12.2 Å². The average molecular weight is 863 g/mol. The first kappa shape index (κ1) is 44.4. The van der Waals surface area contributed by atoms with E-state index in [1.165, 1.54) is 14.2 Å². The van der Waals surface area contributed by atoms with Gasteiger partial charge in [-0.05, 0) is 76.8 Å². The summed E-state index contributed by atoms with van der Waals surface area (Å²) in [6, 6.07) is 17.9. The van der Waals surface area contributed by atoms with E-state index in [1.807, 2.05) is 36.8 Å². The molecule has 0 bridgehead atoms. The third kappa shape index (κ3) is 9.82. The van der Waals surface area contributed by atoms with Gasteiger partial charge in [-0.15, -0.1) is 0 Å². The van der Waals surface area contributed by atoms with Crippen LogP contribution in [0.5, 0.6) is 0 Å². The number of alkyl carbamates (subject to hydrolysis) is 2. The van der Waals surface area contributed by atoms with Gasteiger partial charge in [0.2, 0.25) is 11.8 Å². The van der Waals surface area contributed by atoms with Crippen molar-refractivity contribution in [2.24, 2.45) is 10.8 Å². The fraction of sp³-hybridized carbons (Fsp3) is 0.489. The van der Waals surface area contributed by atoms with E-state index >= 15 is 0 Å². The van der Waals surface area contributed by atoms with Crippen LogP contribution in [-0.2, 0) is 19.1 Å². The van der Waals surface area contributed by atoms with E-state index in [0.29, 0.717) is 25.6 Å². The van der Waals surface area contributed by atoms with Gasteiger partial charge in [-0.2, -0.15) is 0 Å². The molecule has 0 spiro atoms. The van der Waals surface area contributed by atoms with E-state index in [2.05, 4.69) is 109 Å². The van der Waals surface area contributed by atoms with Gasteiger partial charge in [-0.1, -0.05) is 97.1 Å². The highest BCUT2D eigenvalue weighted by Crippen LogP contribution is 2.40. The molecule has 4 amide bonds. The highest BCUT2D eigenvalue weighted by atomic mass is 28.3. The van der Waals surface area contributed by atoms with Crippen LogP contribution < -0.4 is 10.6 Å². The maximum absolute atomic E-state index is 14.2. The summed E-state index contributed by atoms with van der Waals surface area (Å²) in [4.78, 5) is 73.3. The maximum atomic E-state index is 14.2. The quantitative estimate of drug-likeness (QED) is 0.101. The zero-order chi connectivity index (χ0) is 44.7. The number of methoxy groups -OCH3 is 2. The van der Waals surface area contributed by atoms with Crippen molar-refractivity contribution in [2.75, 3.05) is 26.9 Å². The smallest absolute Gasteiger partial charge is 0.407 e. The van der Waals surface area contributed by atoms with Gasteiger partial charge in [0.05, 0.1) is 57.3 Å². The van der Waals surface area contributed by atoms with Crippen molar-refractivity contribution in [2.45, 2.75) is 111 Å². The van der Waals surface area contributed by atoms with E-state index in [-0.39, 0.29) is 34.7 Å². The second kappa shape index (κ2) is 17.2. The Morgan fingerprint density at radius 3 is 1.98 bits per heavy atom. The normalized spacial score (nSPS) is 18.8. The van der Waals surface area contributed by atoms with E-state index in [1.54, 1.807) is 0 Å². The Morgan fingerprint density at radius 2 is 1.37 bits per heavy atom. The Morgan fingerprint density at radius 1 is 0.774 bits per heavy atom. The summed E-state index contributed by atoms with van der Waals surface area (Å²) >= 11 is 0. The number of carbonyl (C=O) groups is 4. The molecular formula is C47H62N8O6Si. The number of likely N-dealkylation sites (tertiary alicyclic amines) is 1. The second-order valence-electron chi connectivity index (χ2n) is 20.2. The van der Waals surface area contributed by atoms with Gasteiger partial charge in [0.25, 0.3) is 0 Å². The van der Waals surface area contributed by atoms with Crippen molar-refractivity contribution in [1.82, 2.24) is 40.4 Å². The Balaban J connectivity index is 1.09. The third-order valence-corrected chi connectivity index (χ3v) is 14.7. The molecule has 4 heterocycles. The van der Waals surface area contributed by atoms with E-state index in [9.17, 15) is 19.2 Å². The van der Waals surface area contributed by atoms with Gasteiger partial charge in [0, 0.05) is 18.1 Å². The highest BCUT2D eigenvalue weighted by Gasteiger charge is 2.46. The molecule has 14 nitrogen and oxygen atoms in total. The molecule has 2 aliphatic heterocycles. The molecule has 2 aliphatic rings. The van der Waals surface area contributed by atoms with Gasteiger partial charge in [-0.25, -0.2) is 19.6 Å². The fourth-order valence-electron chi connectivity index (χ4n) is 9.14. The van der Waals surface area contributed by atoms with Gasteiger partial charge in [-0.3, -0.25) is 9.59 Å². The second-order valence-corrected chi connectivity index (χ2v) is 25.3. The number of rotatable bonds is 10. The number of carbonyl (C=O) groups excluding carboxylic acids is 4. The molecule has 330 valence electrons. The van der Waals surface area contributed by atoms with Crippen LogP contribution in [0.25, 0.3) is 44.2 Å². The molecule has 4 N–H and O–H groups in total. The molecule has 5 aromatic rings. The molecule has 2 fully saturated rings. The minimum absolute atomic E-state index is 0.106. The highest BCUT2D eigenvalue weighted by molar-refractivity contribution is 6.78. The van der Waals surface area contributed by atoms with Crippen LogP contribution in [0, 0.1) is 10.8 Å². The number of nitrogens with one attached hydrogen (secondary N) is 4. The summed E-state index contributed by atoms with van der Waals surface area (Å²) in [5, 5.41) is 7.65. The molecule has 62 heavy (non-hydrogen) atoms. The molecule has 0 radical (unpaired) electrons. The largest absolute Gasteiger partial charge is 0.453 e. The SMILES string of the molecule is COC(=O)N[C@@H](CC(C)(C)C)C(=O)N1CCC[C@H]1c1ncc(-c2ccc(-c3ccc4c(ccc5[nH]c([C@@H]6C[Si](C)(C)CN6C(=O)[C@H](CC(C)(C)C)NC(=O)OC)nc54)c3)cc2)[nH]1. The first-order valence-electron chi connectivity index (χ1n) is 21.6. The van der Waals surface area contributed by atoms with Crippen molar-refractivity contribution in [3.05, 3.63) is 72.4 Å². The lowest BCUT2D eigenvalue weighted by molar-refractivity contribution is -0.135. The molecule has 4 atom stereocenters. The molecule has 0 unspecified atom stereocenters. The van der Waals surface area contributed by atoms with E-state index in [4.69, 9.17) is 19.4 Å². The summed E-state index contributed by atoms with van der Waals surface area (Å²) in [6.45, 7) is 17.5. The number of imidazole rings is 2. The molecule has 0 aliphatic carbocycles. The van der Waals surface area contributed by atoms with Gasteiger partial charge < -0.3 is 39.9 Å². The molecular weight excluding hydrogens is 801 g/mol. The number of hydrogen-bond acceptors (Lipinski definition) is 8. The maximum Gasteiger partial charge on any atom is 0.407 e. The van der Waals surface area contributed by atoms with Crippen LogP contribution in [0.2, 0.25) is 19.1 Å². The number of H-pyrrole nitrogens is 2. The number of amides is 4. The first-order valence-corrected chi connectivity index (χ1v) is 25.0. The van der Waals surface area contributed by atoms with Gasteiger partial charge in [0.1, 0.15) is 23.7 Å². The summed E-state index contributed by atoms with van der Waals surface area (Å²) in [5.74, 6) is 1.25. The lowest BCUT2D eigenvalue weighted by Crippen LogP contribution is -2.50. The van der Waals surface area contributed by atoms with E-state index < -0.39 is 32.3 Å². The van der Waals surface area contributed by atoms with Gasteiger partial charge in [0.15, 0.2) is 0 Å². The predicted molar refractivity (Wildman–Crippen MR) is 244 cm³/mol. The topological polar surface area (TPSA) is 175 Å². The average Bonchev–Trinajstić information content (AvgIpc) is 4.04. The van der Waals surface area contributed by atoms with Crippen LogP contribution in [-0.4, -0.2) is 101 Å². The molecule has 2 aromatic heterocycles. The van der Waals surface area contributed by atoms with Crippen molar-refractivity contribution < 1.29 is 28.7 Å². The molecule has 2 saturated heterocycles. The van der Waals surface area contributed by atoms with Crippen molar-refractivity contribution in [3.63, 3.8) is 0 Å². The number of nitrogens with zero attached hydrogens (tertiary/aromatic N) is 4. The Hall–Kier alpha value is -5.70. The Labute approximate surface area is 364 Å². The number of aromatic nitrogens is 4. The zero-order valence-electron chi connectivity index (χ0n) is 37.8. The summed E-state index contributed by atoms with van der Waals surface area (Å²) in [6.07, 6.45) is 3.84. The predicted octanol–water partition coefficient (Wildman–Crippen LogP) is 8.89. The fourth-order valence-corrected chi connectivity index (χ4v) is 12.0. The van der Waals surface area contributed by atoms with Crippen molar-refractivity contribution >= 4 is 53.9 Å². The van der Waals surface area contributed by atoms with Crippen LogP contribution in [0.3, 0.4) is 0 Å². The molecule has 0 saturated carbocycles. The Bertz CT molecular complexity index is 2460. The van der Waals surface area contributed by atoms with Crippen LogP contribution in [0.4, 0.5) is 9.59 Å². The van der Waals surface area contributed by atoms with Crippen molar-refractivity contribution in [3.8, 4) is 22.4 Å². The number of hydrogen-bond donors (Lipinski definition) is 4. The standard InChI is InChI=1S/C47H62N8O6Si/c1-46(2,3)23-34(51-44(58)60-7)42(56)54-21-11-12-37(54)40-48-25-36(50-40)29-15-13-28(14-16-29)30-17-19-32-31(22-30)18-20-33-39(32)53-41(49-33)38-26-62(9,10)27-55(38)43(57)35(24-47(4,5)6)52-45(59)61-8/h13-20,22,25,34-35,37-38H,11-12,21,23-24,26-27H2,1-10H3,(H,48,50)(H,49,53)(H,51,58)(H,52,59)/t34-,35-,37-,38-/m0/s1. The van der Waals surface area contributed by atoms with Crippen molar-refractivity contribution in [1.29, 1.82) is 0 Å². The number of ether oxygens (including phenoxy) is 2. The number of fused-ring (bicyclic) bond motifs is 3. The lowest BCUT2D eigenvalue weighted by Gasteiger charge is -2.31. The minimum Gasteiger partial charge on any atom is -0.453 e. The number of aromatic amines is 2. The lowest BCUT2D eigenvalue weighted by atomic mass is 9.87. The summed E-state index contributed by atoms with van der Waals surface area (Å²) < 4.78 is 9.73. The monoisotopic (exact) mass is 862 g/mol. The third-order valence-electron chi connectivity index (χ3n) is 12.0. The zero-order valence-corrected chi connectivity index (χ0v) is 38.8. The Kier molecular flexibility index (Phi) is 12.3. The summed E-state index contributed by atoms with van der Waals surface area (Å²) in [5.41, 5.74) is 5.35. The van der Waals surface area contributed by atoms with Crippen LogP contribution in [0.1, 0.15) is 91.0 Å². The molecule has 7 rings (SSSR count). The minimum atomic E-state index is -1.80. The number of benzene rings is 3. The van der Waals surface area contributed by atoms with Crippen LogP contribution >= 0.6 is 0 Å². The summed E-state index contributed by atoms with van der Waals surface area (Å²) in [7, 11) is 0.817.